The molecular formula is C12H6Cl2N4O. The van der Waals surface area contributed by atoms with E-state index in [-0.39, 0.29) is 16.1 Å². The van der Waals surface area contributed by atoms with Crippen LogP contribution in [0.4, 0.5) is 11.5 Å². The van der Waals surface area contributed by atoms with Crippen molar-refractivity contribution < 1.29 is 4.79 Å². The Labute approximate surface area is 117 Å². The number of hydrogen-bond acceptors (Lipinski definition) is 4. The van der Waals surface area contributed by atoms with Crippen molar-refractivity contribution in [3.8, 4) is 0 Å². The molecule has 0 fully saturated rings. The van der Waals surface area contributed by atoms with Crippen LogP contribution in [0.1, 0.15) is 0 Å². The predicted octanol–water partition coefficient (Wildman–Crippen LogP) is 1.47. The molecule has 0 radical (unpaired) electrons. The van der Waals surface area contributed by atoms with E-state index >= 15 is 0 Å². The van der Waals surface area contributed by atoms with E-state index in [9.17, 15) is 4.79 Å². The lowest BCUT2D eigenvalue weighted by Gasteiger charge is -2.07. The molecule has 1 aliphatic rings. The number of aromatic nitrogens is 2. The molecule has 94 valence electrons. The van der Waals surface area contributed by atoms with Gasteiger partial charge in [-0.05, 0) is 18.2 Å². The summed E-state index contributed by atoms with van der Waals surface area (Å²) in [7, 11) is 0. The largest absolute Gasteiger partial charge is 0.339 e. The highest BCUT2D eigenvalue weighted by molar-refractivity contribution is 6.42. The van der Waals surface area contributed by atoms with E-state index in [1.807, 2.05) is 0 Å². The van der Waals surface area contributed by atoms with Gasteiger partial charge in [-0.25, -0.2) is 15.0 Å². The highest BCUT2D eigenvalue weighted by Crippen LogP contribution is 2.27. The minimum atomic E-state index is -0.254. The number of nitrogens with zero attached hydrogens (tertiary/aromatic N) is 3. The fourth-order valence-electron chi connectivity index (χ4n) is 1.71. The summed E-state index contributed by atoms with van der Waals surface area (Å²) in [4.78, 5) is 22.8. The monoisotopic (exact) mass is 292 g/mol. The summed E-state index contributed by atoms with van der Waals surface area (Å²) in [6.45, 7) is 0. The molecule has 0 aliphatic carbocycles. The van der Waals surface area contributed by atoms with Crippen LogP contribution in [0, 0.1) is 0 Å². The Balaban J connectivity index is 2.00. The van der Waals surface area contributed by atoms with Crippen LogP contribution in [-0.4, -0.2) is 15.9 Å². The van der Waals surface area contributed by atoms with Gasteiger partial charge in [-0.1, -0.05) is 23.2 Å². The molecular weight excluding hydrogens is 287 g/mol. The zero-order valence-corrected chi connectivity index (χ0v) is 10.9. The lowest BCUT2D eigenvalue weighted by atomic mass is 10.2. The summed E-state index contributed by atoms with van der Waals surface area (Å²) in [6, 6.07) is 5.31. The average molecular weight is 293 g/mol. The summed E-state index contributed by atoms with van der Waals surface area (Å²) < 4.78 is 0. The van der Waals surface area contributed by atoms with Crippen molar-refractivity contribution in [1.82, 2.24) is 9.97 Å². The SMILES string of the molecule is O=C1C=c2cc(Nc3ncnc(Cl)c3Cl)ccc2=N1. The molecule has 0 saturated carbocycles. The van der Waals surface area contributed by atoms with Gasteiger partial charge in [0.15, 0.2) is 11.0 Å². The van der Waals surface area contributed by atoms with E-state index in [0.717, 1.165) is 10.9 Å². The number of halogens is 2. The van der Waals surface area contributed by atoms with Crippen LogP contribution in [0.15, 0.2) is 29.5 Å². The molecule has 1 N–H and O–H groups in total. The van der Waals surface area contributed by atoms with Gasteiger partial charge in [-0.3, -0.25) is 4.79 Å². The quantitative estimate of drug-likeness (QED) is 0.851. The lowest BCUT2D eigenvalue weighted by Crippen LogP contribution is -2.21. The zero-order chi connectivity index (χ0) is 13.4. The Morgan fingerprint density at radius 1 is 1.16 bits per heavy atom. The number of fused-ring (bicyclic) bond motifs is 1. The molecule has 7 heteroatoms. The predicted molar refractivity (Wildman–Crippen MR) is 72.0 cm³/mol. The summed E-state index contributed by atoms with van der Waals surface area (Å²) in [5.74, 6) is 0.151. The maximum absolute atomic E-state index is 11.2. The van der Waals surface area contributed by atoms with Gasteiger partial charge in [0.25, 0.3) is 5.91 Å². The van der Waals surface area contributed by atoms with E-state index in [2.05, 4.69) is 20.3 Å². The van der Waals surface area contributed by atoms with Gasteiger partial charge in [0, 0.05) is 17.0 Å². The van der Waals surface area contributed by atoms with Crippen molar-refractivity contribution in [3.05, 3.63) is 45.3 Å². The van der Waals surface area contributed by atoms with E-state index < -0.39 is 0 Å². The van der Waals surface area contributed by atoms with Gasteiger partial charge in [-0.2, -0.15) is 0 Å². The number of hydrogen-bond donors (Lipinski definition) is 1. The molecule has 2 aromatic rings. The third-order valence-corrected chi connectivity index (χ3v) is 3.29. The van der Waals surface area contributed by atoms with Crippen LogP contribution in [0.2, 0.25) is 10.2 Å². The third-order valence-electron chi connectivity index (χ3n) is 2.55. The minimum absolute atomic E-state index is 0.178. The first-order chi connectivity index (χ1) is 9.13. The van der Waals surface area contributed by atoms with Gasteiger partial charge in [-0.15, -0.1) is 0 Å². The number of carbonyl (C=O) groups excluding carboxylic acids is 1. The van der Waals surface area contributed by atoms with Gasteiger partial charge >= 0.3 is 0 Å². The lowest BCUT2D eigenvalue weighted by molar-refractivity contribution is -0.112. The maximum atomic E-state index is 11.2. The van der Waals surface area contributed by atoms with E-state index in [1.54, 1.807) is 18.2 Å². The molecule has 19 heavy (non-hydrogen) atoms. The number of nitrogens with one attached hydrogen (secondary N) is 1. The van der Waals surface area contributed by atoms with Crippen molar-refractivity contribution in [2.45, 2.75) is 0 Å². The first kappa shape index (κ1) is 12.1. The topological polar surface area (TPSA) is 67.2 Å². The van der Waals surface area contributed by atoms with Gasteiger partial charge < -0.3 is 5.32 Å². The second kappa shape index (κ2) is 4.60. The van der Waals surface area contributed by atoms with E-state index in [4.69, 9.17) is 23.2 Å². The van der Waals surface area contributed by atoms with Crippen molar-refractivity contribution in [2.24, 2.45) is 4.99 Å². The summed E-state index contributed by atoms with van der Waals surface area (Å²) in [5, 5.41) is 4.85. The smallest absolute Gasteiger partial charge is 0.270 e. The van der Waals surface area contributed by atoms with Crippen LogP contribution in [0.3, 0.4) is 0 Å². The fourth-order valence-corrected chi connectivity index (χ4v) is 1.98. The zero-order valence-electron chi connectivity index (χ0n) is 9.39. The first-order valence-electron chi connectivity index (χ1n) is 5.31. The highest BCUT2D eigenvalue weighted by atomic mass is 35.5. The molecule has 0 spiro atoms. The van der Waals surface area contributed by atoms with Crippen LogP contribution < -0.4 is 15.9 Å². The minimum Gasteiger partial charge on any atom is -0.339 e. The second-order valence-electron chi connectivity index (χ2n) is 3.82. The molecule has 0 unspecified atom stereocenters. The van der Waals surface area contributed by atoms with Gasteiger partial charge in [0.1, 0.15) is 11.3 Å². The van der Waals surface area contributed by atoms with Gasteiger partial charge in [0.2, 0.25) is 0 Å². The Morgan fingerprint density at radius 2 is 2.00 bits per heavy atom. The number of amides is 1. The second-order valence-corrected chi connectivity index (χ2v) is 4.56. The molecule has 1 amide bonds. The molecule has 3 rings (SSSR count). The van der Waals surface area contributed by atoms with Crippen molar-refractivity contribution in [2.75, 3.05) is 5.32 Å². The van der Waals surface area contributed by atoms with Crippen LogP contribution in [-0.2, 0) is 4.79 Å². The number of rotatable bonds is 2. The molecule has 5 nitrogen and oxygen atoms in total. The molecule has 0 bridgehead atoms. The maximum Gasteiger partial charge on any atom is 0.270 e. The molecule has 1 aromatic carbocycles. The van der Waals surface area contributed by atoms with Crippen LogP contribution in [0.25, 0.3) is 6.08 Å². The molecule has 1 aromatic heterocycles. The molecule has 0 atom stereocenters. The van der Waals surface area contributed by atoms with Crippen molar-refractivity contribution >= 4 is 46.7 Å². The summed E-state index contributed by atoms with van der Waals surface area (Å²) in [6.07, 6.45) is 2.78. The molecule has 1 aliphatic heterocycles. The van der Waals surface area contributed by atoms with E-state index in [1.165, 1.54) is 12.4 Å². The number of benzene rings is 1. The summed E-state index contributed by atoms with van der Waals surface area (Å²) in [5.41, 5.74) is 0.733. The number of carbonyl (C=O) groups is 1. The van der Waals surface area contributed by atoms with Crippen molar-refractivity contribution in [3.63, 3.8) is 0 Å². The van der Waals surface area contributed by atoms with Crippen LogP contribution >= 0.6 is 23.2 Å². The van der Waals surface area contributed by atoms with Crippen molar-refractivity contribution in [1.29, 1.82) is 0 Å². The highest BCUT2D eigenvalue weighted by Gasteiger charge is 2.08. The average Bonchev–Trinajstić information content (AvgIpc) is 2.74. The Hall–Kier alpha value is -1.98. The van der Waals surface area contributed by atoms with Gasteiger partial charge in [0.05, 0.1) is 5.36 Å². The Morgan fingerprint density at radius 3 is 2.84 bits per heavy atom. The van der Waals surface area contributed by atoms with Crippen LogP contribution in [0.5, 0.6) is 0 Å². The van der Waals surface area contributed by atoms with E-state index in [0.29, 0.717) is 11.2 Å². The standard InChI is InChI=1S/C12H6Cl2N4O/c13-10-11(14)15-5-16-12(10)17-7-1-2-8-6(3-7)4-9(19)18-8/h1-5H,(H,15,16,17). The Bertz CT molecular complexity index is 804. The third kappa shape index (κ3) is 2.30. The Kier molecular flexibility index (Phi) is 2.93. The summed E-state index contributed by atoms with van der Waals surface area (Å²) >= 11 is 11.8. The molecule has 0 saturated heterocycles. The first-order valence-corrected chi connectivity index (χ1v) is 6.06. The molecule has 2 heterocycles. The fraction of sp³-hybridized carbons (Fsp3) is 0. The number of anilines is 2. The normalized spacial score (nSPS) is 12.6.